The molecule has 1 unspecified atom stereocenters. The predicted molar refractivity (Wildman–Crippen MR) is 87.2 cm³/mol. The molecule has 1 saturated heterocycles. The maximum Gasteiger partial charge on any atom is 0.244 e. The molecule has 1 heterocycles. The van der Waals surface area contributed by atoms with Crippen LogP contribution in [0.25, 0.3) is 0 Å². The van der Waals surface area contributed by atoms with E-state index in [1.807, 2.05) is 13.0 Å². The van der Waals surface area contributed by atoms with E-state index in [1.165, 1.54) is 0 Å². The molecule has 0 bridgehead atoms. The molecule has 4 nitrogen and oxygen atoms in total. The quantitative estimate of drug-likeness (QED) is 0.809. The highest BCUT2D eigenvalue weighted by Crippen LogP contribution is 2.33. The van der Waals surface area contributed by atoms with Crippen LogP contribution in [0.5, 0.6) is 0 Å². The van der Waals surface area contributed by atoms with Gasteiger partial charge in [0.1, 0.15) is 0 Å². The lowest BCUT2D eigenvalue weighted by Gasteiger charge is -2.34. The van der Waals surface area contributed by atoms with Crippen LogP contribution >= 0.6 is 31.9 Å². The second kappa shape index (κ2) is 6.44. The first-order valence-electron chi connectivity index (χ1n) is 6.55. The van der Waals surface area contributed by atoms with Crippen molar-refractivity contribution in [3.8, 4) is 0 Å². The zero-order chi connectivity index (χ0) is 14.9. The smallest absolute Gasteiger partial charge is 0.244 e. The molecule has 1 aromatic carbocycles. The molecule has 112 valence electrons. The fraction of sp³-hybridized carbons (Fsp3) is 0.538. The van der Waals surface area contributed by atoms with Gasteiger partial charge >= 0.3 is 0 Å². The molecule has 0 radical (unpaired) electrons. The Labute approximate surface area is 137 Å². The van der Waals surface area contributed by atoms with Gasteiger partial charge in [0, 0.05) is 28.1 Å². The highest BCUT2D eigenvalue weighted by atomic mass is 79.9. The predicted octanol–water partition coefficient (Wildman–Crippen LogP) is 3.02. The number of nitrogens with two attached hydrogens (primary N) is 1. The summed E-state index contributed by atoms with van der Waals surface area (Å²) in [6, 6.07) is 3.38. The van der Waals surface area contributed by atoms with Crippen LogP contribution in [0.4, 0.5) is 0 Å². The van der Waals surface area contributed by atoms with Gasteiger partial charge in [-0.1, -0.05) is 22.4 Å². The molecule has 1 aliphatic rings. The minimum absolute atomic E-state index is 0.0965. The van der Waals surface area contributed by atoms with Crippen molar-refractivity contribution >= 4 is 41.9 Å². The third kappa shape index (κ3) is 3.11. The lowest BCUT2D eigenvalue weighted by molar-refractivity contribution is 0.257. The first kappa shape index (κ1) is 16.4. The molecule has 1 aromatic rings. The Balaban J connectivity index is 2.46. The molecule has 0 saturated carbocycles. The summed E-state index contributed by atoms with van der Waals surface area (Å²) in [4.78, 5) is 0.301. The number of nitrogens with zero attached hydrogens (tertiary/aromatic N) is 1. The summed E-state index contributed by atoms with van der Waals surface area (Å²) >= 11 is 6.77. The van der Waals surface area contributed by atoms with Gasteiger partial charge in [0.05, 0.1) is 4.90 Å². The number of piperidine rings is 1. The van der Waals surface area contributed by atoms with Crippen molar-refractivity contribution < 1.29 is 8.42 Å². The van der Waals surface area contributed by atoms with Gasteiger partial charge in [-0.05, 0) is 53.4 Å². The monoisotopic (exact) mass is 424 g/mol. The van der Waals surface area contributed by atoms with Gasteiger partial charge in [-0.3, -0.25) is 0 Å². The van der Waals surface area contributed by atoms with Crippen molar-refractivity contribution in [3.05, 3.63) is 26.6 Å². The first-order chi connectivity index (χ1) is 9.37. The van der Waals surface area contributed by atoms with Gasteiger partial charge < -0.3 is 5.73 Å². The highest BCUT2D eigenvalue weighted by molar-refractivity contribution is 9.11. The van der Waals surface area contributed by atoms with Crippen LogP contribution < -0.4 is 5.73 Å². The zero-order valence-corrected chi connectivity index (χ0v) is 15.3. The van der Waals surface area contributed by atoms with E-state index in [9.17, 15) is 8.42 Å². The zero-order valence-electron chi connectivity index (χ0n) is 11.3. The van der Waals surface area contributed by atoms with Crippen molar-refractivity contribution in [1.29, 1.82) is 0 Å². The van der Waals surface area contributed by atoms with E-state index in [1.54, 1.807) is 10.4 Å². The fourth-order valence-corrected chi connectivity index (χ4v) is 5.82. The molecule has 0 aliphatic carbocycles. The number of hydrogen-bond donors (Lipinski definition) is 1. The topological polar surface area (TPSA) is 63.4 Å². The largest absolute Gasteiger partial charge is 0.329 e. The van der Waals surface area contributed by atoms with Gasteiger partial charge in [0.25, 0.3) is 0 Å². The van der Waals surface area contributed by atoms with Crippen LogP contribution in [-0.2, 0) is 10.0 Å². The molecule has 0 spiro atoms. The van der Waals surface area contributed by atoms with Crippen LogP contribution in [0.3, 0.4) is 0 Å². The Morgan fingerprint density at radius 2 is 2.00 bits per heavy atom. The Morgan fingerprint density at radius 3 is 2.65 bits per heavy atom. The third-order valence-corrected chi connectivity index (χ3v) is 7.41. The fourth-order valence-electron chi connectivity index (χ4n) is 2.48. The van der Waals surface area contributed by atoms with E-state index < -0.39 is 10.0 Å². The van der Waals surface area contributed by atoms with E-state index in [2.05, 4.69) is 31.9 Å². The van der Waals surface area contributed by atoms with Gasteiger partial charge in [0.15, 0.2) is 0 Å². The summed E-state index contributed by atoms with van der Waals surface area (Å²) in [5.41, 5.74) is 6.72. The average Bonchev–Trinajstić information content (AvgIpc) is 2.42. The van der Waals surface area contributed by atoms with Crippen molar-refractivity contribution in [3.63, 3.8) is 0 Å². The Morgan fingerprint density at radius 1 is 1.30 bits per heavy atom. The Hall–Kier alpha value is 0.0500. The number of halogens is 2. The molecule has 0 aromatic heterocycles. The molecule has 7 heteroatoms. The Bertz CT molecular complexity index is 605. The summed E-state index contributed by atoms with van der Waals surface area (Å²) in [5.74, 6) is 0. The molecule has 20 heavy (non-hydrogen) atoms. The second-order valence-corrected chi connectivity index (χ2v) is 8.60. The lowest BCUT2D eigenvalue weighted by atomic mass is 10.1. The number of sulfonamides is 1. The van der Waals surface area contributed by atoms with Crippen LogP contribution in [-0.4, -0.2) is 31.9 Å². The molecule has 2 rings (SSSR count). The average molecular weight is 426 g/mol. The normalized spacial score (nSPS) is 21.1. The Kier molecular flexibility index (Phi) is 5.29. The minimum atomic E-state index is -3.52. The maximum absolute atomic E-state index is 12.9. The summed E-state index contributed by atoms with van der Waals surface area (Å²) in [6.45, 7) is 2.83. The van der Waals surface area contributed by atoms with Crippen molar-refractivity contribution in [2.75, 3.05) is 13.1 Å². The van der Waals surface area contributed by atoms with Crippen LogP contribution in [0.1, 0.15) is 24.8 Å². The van der Waals surface area contributed by atoms with Crippen LogP contribution in [0.15, 0.2) is 26.0 Å². The van der Waals surface area contributed by atoms with Crippen molar-refractivity contribution in [2.24, 2.45) is 5.73 Å². The maximum atomic E-state index is 12.9. The van der Waals surface area contributed by atoms with Gasteiger partial charge in [-0.2, -0.15) is 4.31 Å². The van der Waals surface area contributed by atoms with E-state index in [0.29, 0.717) is 22.5 Å². The lowest BCUT2D eigenvalue weighted by Crippen LogP contribution is -2.47. The third-order valence-electron chi connectivity index (χ3n) is 3.64. The van der Waals surface area contributed by atoms with Gasteiger partial charge in [0.2, 0.25) is 10.0 Å². The number of hydrogen-bond acceptors (Lipinski definition) is 3. The molecule has 2 N–H and O–H groups in total. The van der Waals surface area contributed by atoms with E-state index in [4.69, 9.17) is 5.73 Å². The first-order valence-corrected chi connectivity index (χ1v) is 9.58. The van der Waals surface area contributed by atoms with Crippen LogP contribution in [0, 0.1) is 6.92 Å². The molecule has 0 amide bonds. The van der Waals surface area contributed by atoms with Crippen LogP contribution in [0.2, 0.25) is 0 Å². The molecular formula is C13H18Br2N2O2S. The molecular weight excluding hydrogens is 408 g/mol. The molecule has 1 aliphatic heterocycles. The van der Waals surface area contributed by atoms with Crippen molar-refractivity contribution in [2.45, 2.75) is 37.1 Å². The second-order valence-electron chi connectivity index (χ2n) is 5.03. The summed E-state index contributed by atoms with van der Waals surface area (Å²) < 4.78 is 28.7. The number of rotatable bonds is 3. The van der Waals surface area contributed by atoms with Gasteiger partial charge in [-0.25, -0.2) is 8.42 Å². The van der Waals surface area contributed by atoms with E-state index in [-0.39, 0.29) is 6.04 Å². The molecule has 1 fully saturated rings. The van der Waals surface area contributed by atoms with Gasteiger partial charge in [-0.15, -0.1) is 0 Å². The standard InChI is InChI=1S/C13H18Br2N2O2S/c1-9-6-12(15)13(7-11(9)14)20(18,19)17-5-3-2-4-10(17)8-16/h6-7,10H,2-5,8,16H2,1H3. The number of benzene rings is 1. The SMILES string of the molecule is Cc1cc(Br)c(S(=O)(=O)N2CCCCC2CN)cc1Br. The number of aryl methyl sites for hydroxylation is 1. The summed E-state index contributed by atoms with van der Waals surface area (Å²) in [6.07, 6.45) is 2.76. The summed E-state index contributed by atoms with van der Waals surface area (Å²) in [5, 5.41) is 0. The van der Waals surface area contributed by atoms with E-state index >= 15 is 0 Å². The highest BCUT2D eigenvalue weighted by Gasteiger charge is 2.34. The minimum Gasteiger partial charge on any atom is -0.329 e. The molecule has 1 atom stereocenters. The van der Waals surface area contributed by atoms with Crippen molar-refractivity contribution in [1.82, 2.24) is 4.31 Å². The van der Waals surface area contributed by atoms with E-state index in [0.717, 1.165) is 29.3 Å². The summed E-state index contributed by atoms with van der Waals surface area (Å²) in [7, 11) is -3.52.